The van der Waals surface area contributed by atoms with Crippen LogP contribution in [-0.2, 0) is 4.79 Å². The first-order valence-corrected chi connectivity index (χ1v) is 4.35. The second-order valence-corrected chi connectivity index (χ2v) is 2.91. The van der Waals surface area contributed by atoms with E-state index in [2.05, 4.69) is 10.6 Å². The molecule has 0 bridgehead atoms. The summed E-state index contributed by atoms with van der Waals surface area (Å²) in [4.78, 5) is 11.2. The molecular formula is C8H16N2O. The van der Waals surface area contributed by atoms with Gasteiger partial charge in [0, 0.05) is 6.54 Å². The van der Waals surface area contributed by atoms with Gasteiger partial charge in [0.15, 0.2) is 0 Å². The van der Waals surface area contributed by atoms with E-state index in [0.29, 0.717) is 0 Å². The zero-order valence-electron chi connectivity index (χ0n) is 7.02. The number of hydrogen-bond acceptors (Lipinski definition) is 2. The second kappa shape index (κ2) is 4.34. The van der Waals surface area contributed by atoms with Gasteiger partial charge in [-0.15, -0.1) is 0 Å². The number of amides is 1. The molecular weight excluding hydrogens is 140 g/mol. The van der Waals surface area contributed by atoms with Crippen LogP contribution < -0.4 is 10.6 Å². The molecule has 0 aromatic rings. The predicted octanol–water partition coefficient (Wildman–Crippen LogP) is 0.265. The van der Waals surface area contributed by atoms with E-state index < -0.39 is 0 Å². The van der Waals surface area contributed by atoms with Crippen LogP contribution in [0.5, 0.6) is 0 Å². The fraction of sp³-hybridized carbons (Fsp3) is 0.875. The quantitative estimate of drug-likeness (QED) is 0.572. The van der Waals surface area contributed by atoms with Gasteiger partial charge < -0.3 is 10.6 Å². The molecule has 1 saturated heterocycles. The number of nitrogens with one attached hydrogen (secondary N) is 2. The van der Waals surface area contributed by atoms with Gasteiger partial charge in [-0.1, -0.05) is 6.92 Å². The molecule has 1 aliphatic heterocycles. The lowest BCUT2D eigenvalue weighted by Crippen LogP contribution is -2.46. The van der Waals surface area contributed by atoms with Gasteiger partial charge in [-0.25, -0.2) is 0 Å². The van der Waals surface area contributed by atoms with Crippen molar-refractivity contribution in [3.63, 3.8) is 0 Å². The van der Waals surface area contributed by atoms with Crippen molar-refractivity contribution in [3.05, 3.63) is 0 Å². The fourth-order valence-electron chi connectivity index (χ4n) is 1.28. The third kappa shape index (κ3) is 2.50. The van der Waals surface area contributed by atoms with Crippen LogP contribution in [0.2, 0.25) is 0 Å². The van der Waals surface area contributed by atoms with Crippen molar-refractivity contribution < 1.29 is 4.79 Å². The molecule has 1 unspecified atom stereocenters. The van der Waals surface area contributed by atoms with E-state index in [4.69, 9.17) is 0 Å². The standard InChI is InChI=1S/C8H16N2O/c1-2-7-8(11)10-6-4-3-5-9-7/h7,9H,2-6H2,1H3,(H,10,11). The van der Waals surface area contributed by atoms with E-state index in [9.17, 15) is 4.79 Å². The molecule has 1 fully saturated rings. The highest BCUT2D eigenvalue weighted by Gasteiger charge is 2.15. The van der Waals surface area contributed by atoms with Crippen molar-refractivity contribution >= 4 is 5.91 Å². The van der Waals surface area contributed by atoms with Crippen LogP contribution in [0.1, 0.15) is 26.2 Å². The summed E-state index contributed by atoms with van der Waals surface area (Å²) in [7, 11) is 0. The Morgan fingerprint density at radius 2 is 2.18 bits per heavy atom. The van der Waals surface area contributed by atoms with E-state index in [1.54, 1.807) is 0 Å². The SMILES string of the molecule is CCC1NCCCCNC1=O. The van der Waals surface area contributed by atoms with Gasteiger partial charge in [0.1, 0.15) is 0 Å². The molecule has 0 spiro atoms. The average molecular weight is 156 g/mol. The number of carbonyl (C=O) groups excluding carboxylic acids is 1. The summed E-state index contributed by atoms with van der Waals surface area (Å²) in [6.07, 6.45) is 3.14. The highest BCUT2D eigenvalue weighted by Crippen LogP contribution is 1.96. The molecule has 11 heavy (non-hydrogen) atoms. The van der Waals surface area contributed by atoms with E-state index in [1.165, 1.54) is 0 Å². The van der Waals surface area contributed by atoms with Crippen LogP contribution in [0.15, 0.2) is 0 Å². The maximum Gasteiger partial charge on any atom is 0.237 e. The van der Waals surface area contributed by atoms with Crippen LogP contribution in [0.25, 0.3) is 0 Å². The number of rotatable bonds is 1. The lowest BCUT2D eigenvalue weighted by Gasteiger charge is -2.19. The maximum atomic E-state index is 11.2. The Morgan fingerprint density at radius 3 is 2.91 bits per heavy atom. The molecule has 0 aromatic heterocycles. The molecule has 1 atom stereocenters. The Bertz CT molecular complexity index is 136. The summed E-state index contributed by atoms with van der Waals surface area (Å²) in [5.74, 6) is 0.159. The van der Waals surface area contributed by atoms with Gasteiger partial charge in [0.2, 0.25) is 5.91 Å². The average Bonchev–Trinajstić information content (AvgIpc) is 1.98. The van der Waals surface area contributed by atoms with Crippen molar-refractivity contribution in [1.82, 2.24) is 10.6 Å². The normalized spacial score (nSPS) is 27.0. The molecule has 0 aliphatic carbocycles. The number of carbonyl (C=O) groups is 1. The molecule has 1 rings (SSSR count). The summed E-state index contributed by atoms with van der Waals surface area (Å²) in [5, 5.41) is 6.09. The monoisotopic (exact) mass is 156 g/mol. The van der Waals surface area contributed by atoms with Crippen molar-refractivity contribution in [2.24, 2.45) is 0 Å². The third-order valence-corrected chi connectivity index (χ3v) is 2.02. The molecule has 1 amide bonds. The van der Waals surface area contributed by atoms with E-state index in [0.717, 1.165) is 32.4 Å². The highest BCUT2D eigenvalue weighted by molar-refractivity contribution is 5.81. The summed E-state index contributed by atoms with van der Waals surface area (Å²) in [5.41, 5.74) is 0. The van der Waals surface area contributed by atoms with Crippen LogP contribution in [0.3, 0.4) is 0 Å². The summed E-state index contributed by atoms with van der Waals surface area (Å²) in [6, 6.07) is 0.0373. The molecule has 0 saturated carbocycles. The third-order valence-electron chi connectivity index (χ3n) is 2.02. The molecule has 1 aliphatic rings. The van der Waals surface area contributed by atoms with Gasteiger partial charge in [-0.2, -0.15) is 0 Å². The summed E-state index contributed by atoms with van der Waals surface area (Å²) < 4.78 is 0. The lowest BCUT2D eigenvalue weighted by molar-refractivity contribution is -0.123. The Labute approximate surface area is 67.5 Å². The van der Waals surface area contributed by atoms with Gasteiger partial charge in [-0.3, -0.25) is 4.79 Å². The molecule has 0 radical (unpaired) electrons. The van der Waals surface area contributed by atoms with Crippen molar-refractivity contribution in [2.75, 3.05) is 13.1 Å². The van der Waals surface area contributed by atoms with E-state index in [-0.39, 0.29) is 11.9 Å². The lowest BCUT2D eigenvalue weighted by atomic mass is 10.1. The number of hydrogen-bond donors (Lipinski definition) is 2. The van der Waals surface area contributed by atoms with Crippen LogP contribution in [0.4, 0.5) is 0 Å². The van der Waals surface area contributed by atoms with Crippen LogP contribution in [0, 0.1) is 0 Å². The smallest absolute Gasteiger partial charge is 0.237 e. The van der Waals surface area contributed by atoms with E-state index in [1.807, 2.05) is 6.92 Å². The molecule has 2 N–H and O–H groups in total. The van der Waals surface area contributed by atoms with Gasteiger partial charge in [0.05, 0.1) is 6.04 Å². The fourth-order valence-corrected chi connectivity index (χ4v) is 1.28. The summed E-state index contributed by atoms with van der Waals surface area (Å²) >= 11 is 0. The first kappa shape index (κ1) is 8.53. The Hall–Kier alpha value is -0.570. The largest absolute Gasteiger partial charge is 0.355 e. The zero-order valence-corrected chi connectivity index (χ0v) is 7.02. The molecule has 0 aromatic carbocycles. The molecule has 64 valence electrons. The minimum atomic E-state index is 0.0373. The zero-order chi connectivity index (χ0) is 8.10. The predicted molar refractivity (Wildman–Crippen MR) is 44.3 cm³/mol. The van der Waals surface area contributed by atoms with Gasteiger partial charge >= 0.3 is 0 Å². The Balaban J connectivity index is 2.39. The van der Waals surface area contributed by atoms with Crippen molar-refractivity contribution in [2.45, 2.75) is 32.2 Å². The molecule has 3 heteroatoms. The van der Waals surface area contributed by atoms with Crippen molar-refractivity contribution in [1.29, 1.82) is 0 Å². The summed E-state index contributed by atoms with van der Waals surface area (Å²) in [6.45, 7) is 3.85. The second-order valence-electron chi connectivity index (χ2n) is 2.91. The minimum Gasteiger partial charge on any atom is -0.355 e. The van der Waals surface area contributed by atoms with E-state index >= 15 is 0 Å². The highest BCUT2D eigenvalue weighted by atomic mass is 16.2. The van der Waals surface area contributed by atoms with Crippen LogP contribution in [-0.4, -0.2) is 25.0 Å². The van der Waals surface area contributed by atoms with Gasteiger partial charge in [0.25, 0.3) is 0 Å². The maximum absolute atomic E-state index is 11.2. The van der Waals surface area contributed by atoms with Crippen molar-refractivity contribution in [3.8, 4) is 0 Å². The molecule has 3 nitrogen and oxygen atoms in total. The van der Waals surface area contributed by atoms with Gasteiger partial charge in [-0.05, 0) is 25.8 Å². The minimum absolute atomic E-state index is 0.0373. The Kier molecular flexibility index (Phi) is 3.36. The first-order chi connectivity index (χ1) is 5.34. The first-order valence-electron chi connectivity index (χ1n) is 4.35. The van der Waals surface area contributed by atoms with Crippen LogP contribution >= 0.6 is 0 Å². The molecule has 1 heterocycles. The Morgan fingerprint density at radius 1 is 1.45 bits per heavy atom. The topological polar surface area (TPSA) is 41.1 Å².